The van der Waals surface area contributed by atoms with E-state index in [0.29, 0.717) is 0 Å². The highest BCUT2D eigenvalue weighted by Crippen LogP contribution is 2.11. The van der Waals surface area contributed by atoms with Crippen molar-refractivity contribution >= 4 is 0 Å². The van der Waals surface area contributed by atoms with E-state index in [4.69, 9.17) is 0 Å². The summed E-state index contributed by atoms with van der Waals surface area (Å²) >= 11 is 0. The second-order valence-corrected chi connectivity index (χ2v) is 5.94. The first kappa shape index (κ1) is 18.7. The van der Waals surface area contributed by atoms with Crippen LogP contribution in [-0.2, 0) is 0 Å². The van der Waals surface area contributed by atoms with Crippen molar-refractivity contribution in [2.24, 2.45) is 0 Å². The van der Waals surface area contributed by atoms with Crippen molar-refractivity contribution in [2.75, 3.05) is 0 Å². The first-order valence-corrected chi connectivity index (χ1v) is 9.06. The molecule has 0 saturated heterocycles. The van der Waals surface area contributed by atoms with Crippen LogP contribution >= 0.6 is 0 Å². The number of unbranched alkanes of at least 4 members (excludes halogenated alkanes) is 13. The van der Waals surface area contributed by atoms with Gasteiger partial charge in [0.25, 0.3) is 0 Å². The van der Waals surface area contributed by atoms with Gasteiger partial charge >= 0.3 is 0 Å². The number of rotatable bonds is 15. The molecule has 114 valence electrons. The Kier molecular flexibility index (Phi) is 17.5. The molecule has 0 aliphatic heterocycles. The lowest BCUT2D eigenvalue weighted by atomic mass is 10.1. The molecule has 0 amide bonds. The zero-order chi connectivity index (χ0) is 14.0. The van der Waals surface area contributed by atoms with Crippen LogP contribution in [0.4, 0.5) is 0 Å². The van der Waals surface area contributed by atoms with Crippen LogP contribution in [0, 0.1) is 0 Å². The first-order valence-electron chi connectivity index (χ1n) is 9.06. The maximum Gasteiger partial charge on any atom is -0.0351 e. The Balaban J connectivity index is 2.98. The topological polar surface area (TPSA) is 0 Å². The van der Waals surface area contributed by atoms with Crippen LogP contribution in [0.1, 0.15) is 110 Å². The van der Waals surface area contributed by atoms with Crippen LogP contribution in [0.3, 0.4) is 0 Å². The van der Waals surface area contributed by atoms with Crippen molar-refractivity contribution < 1.29 is 0 Å². The van der Waals surface area contributed by atoms with Crippen LogP contribution in [0.5, 0.6) is 0 Å². The Morgan fingerprint density at radius 2 is 0.737 bits per heavy atom. The normalized spacial score (nSPS) is 11.5. The molecule has 0 aliphatic rings. The summed E-state index contributed by atoms with van der Waals surface area (Å²) in [6.07, 6.45) is 25.9. The number of hydrogen-bond donors (Lipinski definition) is 0. The molecule has 0 spiro atoms. The molecule has 0 aromatic rings. The third-order valence-corrected chi connectivity index (χ3v) is 3.87. The van der Waals surface area contributed by atoms with E-state index in [1.54, 1.807) is 0 Å². The van der Waals surface area contributed by atoms with Crippen LogP contribution in [0.25, 0.3) is 0 Å². The van der Waals surface area contributed by atoms with E-state index in [2.05, 4.69) is 26.0 Å². The summed E-state index contributed by atoms with van der Waals surface area (Å²) in [7, 11) is 0. The zero-order valence-electron chi connectivity index (χ0n) is 13.8. The quantitative estimate of drug-likeness (QED) is 0.213. The van der Waals surface area contributed by atoms with Crippen LogP contribution < -0.4 is 0 Å². The predicted molar refractivity (Wildman–Crippen MR) is 89.7 cm³/mol. The molecule has 0 aliphatic carbocycles. The molecule has 0 radical (unpaired) electrons. The lowest BCUT2D eigenvalue weighted by Gasteiger charge is -2.01. The second kappa shape index (κ2) is 17.7. The smallest absolute Gasteiger partial charge is 0.0351 e. The minimum Gasteiger partial charge on any atom is -0.0885 e. The van der Waals surface area contributed by atoms with Crippen molar-refractivity contribution in [3.63, 3.8) is 0 Å². The van der Waals surface area contributed by atoms with E-state index >= 15 is 0 Å². The second-order valence-electron chi connectivity index (χ2n) is 5.94. The molecular formula is C19H38. The van der Waals surface area contributed by atoms with Gasteiger partial charge in [0.15, 0.2) is 0 Å². The lowest BCUT2D eigenvalue weighted by molar-refractivity contribution is 0.557. The van der Waals surface area contributed by atoms with Crippen molar-refractivity contribution in [1.29, 1.82) is 0 Å². The average molecular weight is 267 g/mol. The fourth-order valence-electron chi connectivity index (χ4n) is 2.50. The average Bonchev–Trinajstić information content (AvgIpc) is 2.43. The van der Waals surface area contributed by atoms with Gasteiger partial charge in [0, 0.05) is 0 Å². The van der Waals surface area contributed by atoms with Gasteiger partial charge in [-0.05, 0) is 25.7 Å². The Hall–Kier alpha value is -0.260. The predicted octanol–water partition coefficient (Wildman–Crippen LogP) is 7.43. The van der Waals surface area contributed by atoms with Gasteiger partial charge in [0.2, 0.25) is 0 Å². The Morgan fingerprint density at radius 3 is 1.21 bits per heavy atom. The maximum absolute atomic E-state index is 2.40. The molecule has 0 saturated carbocycles. The Morgan fingerprint density at radius 1 is 0.421 bits per heavy atom. The lowest BCUT2D eigenvalue weighted by Crippen LogP contribution is -1.81. The highest BCUT2D eigenvalue weighted by atomic mass is 14.0. The maximum atomic E-state index is 2.40. The van der Waals surface area contributed by atoms with Crippen molar-refractivity contribution in [3.05, 3.63) is 12.2 Å². The van der Waals surface area contributed by atoms with E-state index in [1.807, 2.05) is 0 Å². The van der Waals surface area contributed by atoms with E-state index in [-0.39, 0.29) is 0 Å². The summed E-state index contributed by atoms with van der Waals surface area (Å²) in [4.78, 5) is 0. The summed E-state index contributed by atoms with van der Waals surface area (Å²) in [5.41, 5.74) is 0. The summed E-state index contributed by atoms with van der Waals surface area (Å²) in [5.74, 6) is 0. The molecule has 0 rings (SSSR count). The van der Waals surface area contributed by atoms with E-state index in [1.165, 1.54) is 96.3 Å². The molecule has 0 aromatic carbocycles. The molecule has 19 heavy (non-hydrogen) atoms. The van der Waals surface area contributed by atoms with Gasteiger partial charge in [-0.25, -0.2) is 0 Å². The van der Waals surface area contributed by atoms with Gasteiger partial charge in [-0.1, -0.05) is 96.6 Å². The fraction of sp³-hybridized carbons (Fsp3) is 0.895. The first-order chi connectivity index (χ1) is 9.41. The monoisotopic (exact) mass is 266 g/mol. The summed E-state index contributed by atoms with van der Waals surface area (Å²) in [6.45, 7) is 4.56. The molecule has 0 heteroatoms. The molecule has 0 heterocycles. The molecule has 0 atom stereocenters. The van der Waals surface area contributed by atoms with Gasteiger partial charge in [-0.3, -0.25) is 0 Å². The summed E-state index contributed by atoms with van der Waals surface area (Å²) in [6, 6.07) is 0. The number of hydrogen-bond acceptors (Lipinski definition) is 0. The van der Waals surface area contributed by atoms with Gasteiger partial charge in [-0.2, -0.15) is 0 Å². The third-order valence-electron chi connectivity index (χ3n) is 3.87. The van der Waals surface area contributed by atoms with Crippen LogP contribution in [0.15, 0.2) is 12.2 Å². The van der Waals surface area contributed by atoms with E-state index < -0.39 is 0 Å². The summed E-state index contributed by atoms with van der Waals surface area (Å²) in [5, 5.41) is 0. The van der Waals surface area contributed by atoms with Gasteiger partial charge < -0.3 is 0 Å². The zero-order valence-corrected chi connectivity index (χ0v) is 13.8. The summed E-state index contributed by atoms with van der Waals surface area (Å²) < 4.78 is 0. The number of allylic oxidation sites excluding steroid dienone is 2. The van der Waals surface area contributed by atoms with Crippen molar-refractivity contribution in [2.45, 2.75) is 110 Å². The molecule has 0 N–H and O–H groups in total. The molecule has 0 unspecified atom stereocenters. The highest BCUT2D eigenvalue weighted by molar-refractivity contribution is 4.81. The Bertz CT molecular complexity index is 169. The van der Waals surface area contributed by atoms with Crippen LogP contribution in [0.2, 0.25) is 0 Å². The minimum absolute atomic E-state index is 1.30. The third kappa shape index (κ3) is 17.7. The van der Waals surface area contributed by atoms with E-state index in [0.717, 1.165) is 0 Å². The highest BCUT2D eigenvalue weighted by Gasteiger charge is 1.91. The minimum atomic E-state index is 1.30. The molecule has 0 aromatic heterocycles. The standard InChI is InChI=1S/C19H38/c1-3-5-7-9-11-13-15-17-19-18-16-14-12-10-8-6-4-2/h11,13H,3-10,12,14-19H2,1-2H3/b13-11-. The van der Waals surface area contributed by atoms with Gasteiger partial charge in [-0.15, -0.1) is 0 Å². The molecular weight excluding hydrogens is 228 g/mol. The van der Waals surface area contributed by atoms with Gasteiger partial charge in [0.1, 0.15) is 0 Å². The largest absolute Gasteiger partial charge is 0.0885 e. The fourth-order valence-corrected chi connectivity index (χ4v) is 2.50. The van der Waals surface area contributed by atoms with E-state index in [9.17, 15) is 0 Å². The SMILES string of the molecule is CCCCC/C=C\CCCCCCCCCCCC. The van der Waals surface area contributed by atoms with Crippen LogP contribution in [-0.4, -0.2) is 0 Å². The van der Waals surface area contributed by atoms with Crippen molar-refractivity contribution in [1.82, 2.24) is 0 Å². The van der Waals surface area contributed by atoms with Gasteiger partial charge in [0.05, 0.1) is 0 Å². The Labute approximate surface area is 123 Å². The van der Waals surface area contributed by atoms with Crippen molar-refractivity contribution in [3.8, 4) is 0 Å². The molecule has 0 bridgehead atoms. The molecule has 0 nitrogen and oxygen atoms in total. The molecule has 0 fully saturated rings.